The van der Waals surface area contributed by atoms with Gasteiger partial charge in [-0.2, -0.15) is 0 Å². The fourth-order valence-electron chi connectivity index (χ4n) is 1.15. The first-order chi connectivity index (χ1) is 8.75. The zero-order chi connectivity index (χ0) is 14.6. The Bertz CT molecular complexity index is 551. The molecule has 0 aliphatic carbocycles. The van der Waals surface area contributed by atoms with E-state index >= 15 is 0 Å². The van der Waals surface area contributed by atoms with Crippen molar-refractivity contribution >= 4 is 30.4 Å². The molecule has 19 heavy (non-hydrogen) atoms. The number of nitro benzene ring substituents is 1. The number of carbonyl (C=O) groups is 1. The molecule has 1 aromatic carbocycles. The van der Waals surface area contributed by atoms with Crippen molar-refractivity contribution < 1.29 is 31.1 Å². The van der Waals surface area contributed by atoms with Gasteiger partial charge in [0.05, 0.1) is 0 Å². The van der Waals surface area contributed by atoms with Crippen molar-refractivity contribution in [2.45, 2.75) is 6.92 Å². The molecule has 104 valence electrons. The molecule has 1 rings (SSSR count). The van der Waals surface area contributed by atoms with Crippen LogP contribution in [0, 0.1) is 10.1 Å². The monoisotopic (exact) mass is 335 g/mol. The minimum atomic E-state index is -5.26. The summed E-state index contributed by atoms with van der Waals surface area (Å²) in [6.07, 6.45) is -1.14. The van der Waals surface area contributed by atoms with E-state index in [2.05, 4.69) is 9.47 Å². The van der Waals surface area contributed by atoms with Crippen LogP contribution in [0.2, 0.25) is 0 Å². The van der Waals surface area contributed by atoms with Crippen LogP contribution in [0.15, 0.2) is 18.2 Å². The SMILES string of the molecule is CCOC(=O)Oc1ccc([As](=O)(O)O)cc1[N+](=O)[O-]. The summed E-state index contributed by atoms with van der Waals surface area (Å²) >= 11 is -5.26. The van der Waals surface area contributed by atoms with Crippen LogP contribution in [-0.2, 0) is 8.48 Å². The van der Waals surface area contributed by atoms with Crippen molar-refractivity contribution in [2.75, 3.05) is 6.61 Å². The maximum atomic E-state index is 11.1. The van der Waals surface area contributed by atoms with Crippen LogP contribution in [0.1, 0.15) is 6.92 Å². The van der Waals surface area contributed by atoms with Crippen molar-refractivity contribution in [3.63, 3.8) is 0 Å². The van der Waals surface area contributed by atoms with Gasteiger partial charge in [-0.3, -0.25) is 0 Å². The Balaban J connectivity index is 3.16. The molecule has 1 aromatic rings. The molecule has 0 aliphatic rings. The van der Waals surface area contributed by atoms with Crippen LogP contribution in [0.4, 0.5) is 10.5 Å². The molecule has 0 fully saturated rings. The number of benzene rings is 1. The minimum absolute atomic E-state index is 0.0240. The van der Waals surface area contributed by atoms with Crippen LogP contribution >= 0.6 is 0 Å². The molecule has 0 amide bonds. The zero-order valence-corrected chi connectivity index (χ0v) is 11.6. The number of hydrogen-bond donors (Lipinski definition) is 2. The van der Waals surface area contributed by atoms with Gasteiger partial charge < -0.3 is 0 Å². The van der Waals surface area contributed by atoms with Gasteiger partial charge in [0.1, 0.15) is 0 Å². The Hall–Kier alpha value is -1.83. The molecule has 0 aromatic heterocycles. The third-order valence-corrected chi connectivity index (χ3v) is 3.93. The van der Waals surface area contributed by atoms with Crippen molar-refractivity contribution in [1.82, 2.24) is 0 Å². The molecule has 9 nitrogen and oxygen atoms in total. The first kappa shape index (κ1) is 15.2. The Labute approximate surface area is 109 Å². The number of rotatable bonds is 4. The van der Waals surface area contributed by atoms with E-state index in [9.17, 15) is 18.6 Å². The van der Waals surface area contributed by atoms with Crippen LogP contribution in [0.3, 0.4) is 0 Å². The fourth-order valence-corrected chi connectivity index (χ4v) is 2.33. The Kier molecular flexibility index (Phi) is 4.71. The Morgan fingerprint density at radius 2 is 2.11 bits per heavy atom. The third kappa shape index (κ3) is 4.09. The quantitative estimate of drug-likeness (QED) is 0.251. The summed E-state index contributed by atoms with van der Waals surface area (Å²) in [5.74, 6) is -0.448. The summed E-state index contributed by atoms with van der Waals surface area (Å²) in [6, 6.07) is 2.57. The van der Waals surface area contributed by atoms with Gasteiger partial charge in [0.15, 0.2) is 0 Å². The molecule has 10 heteroatoms. The molecule has 0 aliphatic heterocycles. The average Bonchev–Trinajstić information content (AvgIpc) is 2.27. The van der Waals surface area contributed by atoms with Gasteiger partial charge in [0, 0.05) is 0 Å². The number of ether oxygens (including phenoxy) is 2. The second-order valence-corrected chi connectivity index (χ2v) is 6.60. The van der Waals surface area contributed by atoms with E-state index in [4.69, 9.17) is 8.19 Å². The summed E-state index contributed by atoms with van der Waals surface area (Å²) in [7, 11) is 0. The number of carbonyl (C=O) groups excluding carboxylic acids is 1. The summed E-state index contributed by atoms with van der Waals surface area (Å²) in [5, 5.41) is 10.8. The van der Waals surface area contributed by atoms with E-state index in [1.165, 1.54) is 6.92 Å². The standard InChI is InChI=1S/C9H10AsNO8/c1-2-18-9(12)19-8-4-3-6(10(13,14)15)5-7(8)11(16)17/h3-5H,2H2,1H3,(H2,13,14,15). The predicted molar refractivity (Wildman–Crippen MR) is 61.3 cm³/mol. The first-order valence-electron chi connectivity index (χ1n) is 4.95. The van der Waals surface area contributed by atoms with Gasteiger partial charge in [-0.05, 0) is 0 Å². The first-order valence-corrected chi connectivity index (χ1v) is 8.33. The van der Waals surface area contributed by atoms with E-state index in [1.807, 2.05) is 0 Å². The molecule has 2 N–H and O–H groups in total. The molecule has 0 atom stereocenters. The summed E-state index contributed by atoms with van der Waals surface area (Å²) in [5.41, 5.74) is -0.727. The van der Waals surface area contributed by atoms with Gasteiger partial charge in [0.25, 0.3) is 0 Å². The topological polar surface area (TPSA) is 136 Å². The van der Waals surface area contributed by atoms with Crippen molar-refractivity contribution in [1.29, 1.82) is 0 Å². The van der Waals surface area contributed by atoms with E-state index in [1.54, 1.807) is 0 Å². The van der Waals surface area contributed by atoms with E-state index in [0.29, 0.717) is 6.07 Å². The van der Waals surface area contributed by atoms with Gasteiger partial charge >= 0.3 is 109 Å². The van der Waals surface area contributed by atoms with Crippen molar-refractivity contribution in [3.05, 3.63) is 28.3 Å². The van der Waals surface area contributed by atoms with Gasteiger partial charge in [-0.25, -0.2) is 0 Å². The Morgan fingerprint density at radius 1 is 1.47 bits per heavy atom. The number of hydrogen-bond acceptors (Lipinski definition) is 6. The molecule has 0 saturated carbocycles. The van der Waals surface area contributed by atoms with Crippen LogP contribution in [0.5, 0.6) is 5.75 Å². The molecule has 0 bridgehead atoms. The molecule has 0 heterocycles. The predicted octanol–water partition coefficient (Wildman–Crippen LogP) is -0.309. The van der Waals surface area contributed by atoms with E-state index in [-0.39, 0.29) is 6.61 Å². The number of nitro groups is 1. The van der Waals surface area contributed by atoms with Gasteiger partial charge in [0.2, 0.25) is 0 Å². The second kappa shape index (κ2) is 5.87. The van der Waals surface area contributed by atoms with E-state index in [0.717, 1.165) is 12.1 Å². The summed E-state index contributed by atoms with van der Waals surface area (Å²) in [6.45, 7) is 1.55. The third-order valence-electron chi connectivity index (χ3n) is 1.93. The van der Waals surface area contributed by atoms with Crippen LogP contribution < -0.4 is 9.09 Å². The normalized spacial score (nSPS) is 10.9. The van der Waals surface area contributed by atoms with Crippen molar-refractivity contribution in [3.8, 4) is 5.75 Å². The maximum absolute atomic E-state index is 11.1. The molecule has 0 radical (unpaired) electrons. The summed E-state index contributed by atoms with van der Waals surface area (Å²) < 4.78 is 37.5. The van der Waals surface area contributed by atoms with E-state index < -0.39 is 41.0 Å². The molecule has 0 unspecified atom stereocenters. The number of nitrogens with zero attached hydrogens (tertiary/aromatic N) is 1. The van der Waals surface area contributed by atoms with Crippen LogP contribution in [0.25, 0.3) is 0 Å². The Morgan fingerprint density at radius 3 is 2.58 bits per heavy atom. The zero-order valence-electron chi connectivity index (χ0n) is 9.68. The van der Waals surface area contributed by atoms with Crippen LogP contribution in [-0.4, -0.2) is 40.0 Å². The molecular weight excluding hydrogens is 325 g/mol. The summed E-state index contributed by atoms with van der Waals surface area (Å²) in [4.78, 5) is 20.9. The second-order valence-electron chi connectivity index (χ2n) is 3.24. The molecular formula is C9H10AsNO8. The molecule has 0 saturated heterocycles. The fraction of sp³-hybridized carbons (Fsp3) is 0.222. The molecule has 0 spiro atoms. The van der Waals surface area contributed by atoms with Gasteiger partial charge in [-0.1, -0.05) is 0 Å². The van der Waals surface area contributed by atoms with Crippen molar-refractivity contribution in [2.24, 2.45) is 0 Å². The average molecular weight is 335 g/mol. The van der Waals surface area contributed by atoms with Gasteiger partial charge in [-0.15, -0.1) is 0 Å².